The molecule has 0 aliphatic heterocycles. The fourth-order valence-electron chi connectivity index (χ4n) is 3.31. The van der Waals surface area contributed by atoms with Crippen LogP contribution in [0.3, 0.4) is 0 Å². The summed E-state index contributed by atoms with van der Waals surface area (Å²) in [6.45, 7) is 4.37. The summed E-state index contributed by atoms with van der Waals surface area (Å²) in [7, 11) is 0. The Labute approximate surface area is 196 Å². The Hall–Kier alpha value is -3.84. The minimum atomic E-state index is -0.375. The van der Waals surface area contributed by atoms with Gasteiger partial charge in [-0.1, -0.05) is 36.7 Å². The molecule has 0 atom stereocenters. The molecule has 0 fully saturated rings. The van der Waals surface area contributed by atoms with Crippen LogP contribution in [0.15, 0.2) is 71.3 Å². The monoisotopic (exact) mass is 462 g/mol. The predicted octanol–water partition coefficient (Wildman–Crippen LogP) is 5.49. The van der Waals surface area contributed by atoms with Gasteiger partial charge in [-0.05, 0) is 55.8 Å². The zero-order chi connectivity index (χ0) is 23.4. The molecule has 2 heterocycles. The van der Waals surface area contributed by atoms with Crippen LogP contribution in [0.25, 0.3) is 17.1 Å². The first-order valence-electron chi connectivity index (χ1n) is 10.6. The fourth-order valence-corrected chi connectivity index (χ4v) is 3.57. The number of amides is 2. The highest BCUT2D eigenvalue weighted by molar-refractivity contribution is 6.34. The Morgan fingerprint density at radius 1 is 1.03 bits per heavy atom. The molecule has 0 saturated heterocycles. The molecule has 2 N–H and O–H groups in total. The van der Waals surface area contributed by atoms with Gasteiger partial charge in [0.15, 0.2) is 5.76 Å². The van der Waals surface area contributed by atoms with Crippen LogP contribution in [-0.4, -0.2) is 28.1 Å². The average molecular weight is 463 g/mol. The Balaban J connectivity index is 1.63. The molecule has 33 heavy (non-hydrogen) atoms. The van der Waals surface area contributed by atoms with Crippen molar-refractivity contribution in [1.29, 1.82) is 0 Å². The number of aromatic nitrogens is 2. The molecule has 0 aliphatic rings. The van der Waals surface area contributed by atoms with E-state index in [0.717, 1.165) is 12.1 Å². The number of furan rings is 1. The molecule has 168 valence electrons. The van der Waals surface area contributed by atoms with Crippen LogP contribution in [-0.2, 0) is 0 Å². The number of para-hydroxylation sites is 1. The number of nitrogens with zero attached hydrogens (tertiary/aromatic N) is 2. The number of carbonyl (C=O) groups excluding carboxylic acids is 2. The summed E-state index contributed by atoms with van der Waals surface area (Å²) in [6, 6.07) is 17.9. The van der Waals surface area contributed by atoms with E-state index in [1.165, 1.54) is 0 Å². The molecule has 0 saturated carbocycles. The van der Waals surface area contributed by atoms with E-state index >= 15 is 0 Å². The van der Waals surface area contributed by atoms with Crippen LogP contribution < -0.4 is 10.6 Å². The molecular formula is C25H23ClN4O3. The van der Waals surface area contributed by atoms with Crippen molar-refractivity contribution in [3.05, 3.63) is 88.8 Å². The van der Waals surface area contributed by atoms with Gasteiger partial charge in [0.05, 0.1) is 21.8 Å². The summed E-state index contributed by atoms with van der Waals surface area (Å²) in [4.78, 5) is 25.4. The number of rotatable bonds is 7. The van der Waals surface area contributed by atoms with Gasteiger partial charge in [0.1, 0.15) is 11.5 Å². The van der Waals surface area contributed by atoms with Gasteiger partial charge in [-0.3, -0.25) is 9.59 Å². The number of benzene rings is 2. The van der Waals surface area contributed by atoms with Crippen molar-refractivity contribution in [2.24, 2.45) is 0 Å². The van der Waals surface area contributed by atoms with E-state index in [1.807, 2.05) is 50.2 Å². The first kappa shape index (κ1) is 22.4. The highest BCUT2D eigenvalue weighted by Gasteiger charge is 2.21. The largest absolute Gasteiger partial charge is 0.460 e. The Kier molecular flexibility index (Phi) is 6.60. The topological polar surface area (TPSA) is 89.2 Å². The number of anilines is 1. The van der Waals surface area contributed by atoms with E-state index in [0.29, 0.717) is 40.6 Å². The summed E-state index contributed by atoms with van der Waals surface area (Å²) in [5.74, 6) is 0.586. The van der Waals surface area contributed by atoms with E-state index in [9.17, 15) is 9.59 Å². The van der Waals surface area contributed by atoms with Crippen LogP contribution in [0.5, 0.6) is 0 Å². The minimum Gasteiger partial charge on any atom is -0.460 e. The van der Waals surface area contributed by atoms with Gasteiger partial charge in [0.25, 0.3) is 11.8 Å². The summed E-state index contributed by atoms with van der Waals surface area (Å²) in [5, 5.41) is 10.5. The first-order chi connectivity index (χ1) is 16.0. The summed E-state index contributed by atoms with van der Waals surface area (Å²) in [6.07, 6.45) is 2.48. The second-order valence-electron chi connectivity index (χ2n) is 7.49. The van der Waals surface area contributed by atoms with Crippen molar-refractivity contribution in [1.82, 2.24) is 15.1 Å². The molecule has 2 aromatic heterocycles. The minimum absolute atomic E-state index is 0.251. The van der Waals surface area contributed by atoms with Gasteiger partial charge < -0.3 is 15.1 Å². The van der Waals surface area contributed by atoms with Gasteiger partial charge in [-0.2, -0.15) is 5.10 Å². The van der Waals surface area contributed by atoms with Crippen molar-refractivity contribution in [2.75, 3.05) is 11.9 Å². The van der Waals surface area contributed by atoms with Gasteiger partial charge in [-0.15, -0.1) is 0 Å². The van der Waals surface area contributed by atoms with Crippen LogP contribution in [0.2, 0.25) is 5.02 Å². The molecule has 2 amide bonds. The molecule has 0 radical (unpaired) electrons. The molecule has 8 heteroatoms. The maximum absolute atomic E-state index is 13.2. The van der Waals surface area contributed by atoms with Crippen molar-refractivity contribution >= 4 is 29.1 Å². The number of hydrogen-bond donors (Lipinski definition) is 2. The molecule has 4 rings (SSSR count). The lowest BCUT2D eigenvalue weighted by Crippen LogP contribution is -2.24. The Bertz CT molecular complexity index is 1290. The Morgan fingerprint density at radius 3 is 2.48 bits per heavy atom. The van der Waals surface area contributed by atoms with Crippen molar-refractivity contribution in [3.63, 3.8) is 0 Å². The van der Waals surface area contributed by atoms with Gasteiger partial charge in [-0.25, -0.2) is 4.68 Å². The molecule has 0 bridgehead atoms. The van der Waals surface area contributed by atoms with E-state index in [-0.39, 0.29) is 16.8 Å². The van der Waals surface area contributed by atoms with Gasteiger partial charge in [0, 0.05) is 18.4 Å². The molecule has 2 aromatic carbocycles. The predicted molar refractivity (Wildman–Crippen MR) is 128 cm³/mol. The van der Waals surface area contributed by atoms with Crippen LogP contribution in [0, 0.1) is 6.92 Å². The van der Waals surface area contributed by atoms with E-state index in [2.05, 4.69) is 15.7 Å². The molecule has 0 aliphatic carbocycles. The smallest absolute Gasteiger partial charge is 0.259 e. The second-order valence-corrected chi connectivity index (χ2v) is 7.89. The maximum atomic E-state index is 13.2. The van der Waals surface area contributed by atoms with Gasteiger partial charge in [0.2, 0.25) is 0 Å². The maximum Gasteiger partial charge on any atom is 0.259 e. The van der Waals surface area contributed by atoms with Crippen molar-refractivity contribution in [3.8, 4) is 17.1 Å². The lowest BCUT2D eigenvalue weighted by Gasteiger charge is -2.09. The standard InChI is InChI=1S/C25H23ClN4O3/c1-3-13-27-24(31)19-11-10-17(14-21(19)26)28-25(32)20-15-30(18-7-5-4-6-8-18)29-23(20)22-12-9-16(2)33-22/h4-12,14-15H,3,13H2,1-2H3,(H,27,31)(H,28,32). The second kappa shape index (κ2) is 9.75. The molecule has 0 spiro atoms. The van der Waals surface area contributed by atoms with Crippen molar-refractivity contribution in [2.45, 2.75) is 20.3 Å². The summed E-state index contributed by atoms with van der Waals surface area (Å²) < 4.78 is 7.37. The highest BCUT2D eigenvalue weighted by Crippen LogP contribution is 2.27. The zero-order valence-electron chi connectivity index (χ0n) is 18.3. The molecule has 4 aromatic rings. The highest BCUT2D eigenvalue weighted by atomic mass is 35.5. The normalized spacial score (nSPS) is 10.8. The zero-order valence-corrected chi connectivity index (χ0v) is 19.0. The van der Waals surface area contributed by atoms with Crippen LogP contribution >= 0.6 is 11.6 Å². The molecular weight excluding hydrogens is 440 g/mol. The first-order valence-corrected chi connectivity index (χ1v) is 10.9. The number of halogens is 1. The average Bonchev–Trinajstić information content (AvgIpc) is 3.44. The third-order valence-electron chi connectivity index (χ3n) is 4.96. The molecule has 0 unspecified atom stereocenters. The number of hydrogen-bond acceptors (Lipinski definition) is 4. The van der Waals surface area contributed by atoms with Crippen LogP contribution in [0.4, 0.5) is 5.69 Å². The van der Waals surface area contributed by atoms with E-state index in [4.69, 9.17) is 16.0 Å². The quantitative estimate of drug-likeness (QED) is 0.380. The third kappa shape index (κ3) is 4.99. The third-order valence-corrected chi connectivity index (χ3v) is 5.27. The number of carbonyl (C=O) groups is 2. The number of aryl methyl sites for hydroxylation is 1. The molecule has 7 nitrogen and oxygen atoms in total. The SMILES string of the molecule is CCCNC(=O)c1ccc(NC(=O)c2cn(-c3ccccc3)nc2-c2ccc(C)o2)cc1Cl. The summed E-state index contributed by atoms with van der Waals surface area (Å²) >= 11 is 6.30. The van der Waals surface area contributed by atoms with E-state index in [1.54, 1.807) is 35.1 Å². The van der Waals surface area contributed by atoms with Crippen LogP contribution in [0.1, 0.15) is 39.8 Å². The van der Waals surface area contributed by atoms with Gasteiger partial charge >= 0.3 is 0 Å². The lowest BCUT2D eigenvalue weighted by molar-refractivity contribution is 0.0953. The van der Waals surface area contributed by atoms with E-state index < -0.39 is 0 Å². The summed E-state index contributed by atoms with van der Waals surface area (Å²) in [5.41, 5.74) is 2.39. The Morgan fingerprint density at radius 2 is 1.82 bits per heavy atom. The fraction of sp³-hybridized carbons (Fsp3) is 0.160. The number of nitrogens with one attached hydrogen (secondary N) is 2. The van der Waals surface area contributed by atoms with Crippen molar-refractivity contribution < 1.29 is 14.0 Å². The lowest BCUT2D eigenvalue weighted by atomic mass is 10.1.